The van der Waals surface area contributed by atoms with Crippen LogP contribution in [0.5, 0.6) is 0 Å². The Bertz CT molecular complexity index is 548. The summed E-state index contributed by atoms with van der Waals surface area (Å²) in [6.45, 7) is 2.55. The van der Waals surface area contributed by atoms with Crippen molar-refractivity contribution in [3.63, 3.8) is 0 Å². The highest BCUT2D eigenvalue weighted by molar-refractivity contribution is 7.89. The van der Waals surface area contributed by atoms with E-state index in [4.69, 9.17) is 5.14 Å². The van der Waals surface area contributed by atoms with E-state index in [1.165, 1.54) is 12.1 Å². The molecular formula is C14H22N2O3S. The molecule has 0 bridgehead atoms. The Morgan fingerprint density at radius 2 is 1.85 bits per heavy atom. The summed E-state index contributed by atoms with van der Waals surface area (Å²) in [5, 5.41) is 18.7. The maximum absolute atomic E-state index is 11.2. The van der Waals surface area contributed by atoms with Crippen LogP contribution in [0.15, 0.2) is 29.2 Å². The summed E-state index contributed by atoms with van der Waals surface area (Å²) >= 11 is 0. The first-order chi connectivity index (χ1) is 9.30. The van der Waals surface area contributed by atoms with E-state index < -0.39 is 15.6 Å². The van der Waals surface area contributed by atoms with Gasteiger partial charge in [-0.25, -0.2) is 13.6 Å². The molecule has 4 N–H and O–H groups in total. The van der Waals surface area contributed by atoms with Crippen molar-refractivity contribution in [2.45, 2.75) is 49.1 Å². The smallest absolute Gasteiger partial charge is 0.238 e. The van der Waals surface area contributed by atoms with Crippen LogP contribution in [0, 0.1) is 0 Å². The second kappa shape index (κ2) is 5.81. The number of nitrogens with two attached hydrogens (primary N) is 1. The molecule has 0 heterocycles. The molecule has 1 saturated carbocycles. The minimum absolute atomic E-state index is 0.0501. The van der Waals surface area contributed by atoms with Gasteiger partial charge >= 0.3 is 0 Å². The third kappa shape index (κ3) is 3.79. The van der Waals surface area contributed by atoms with E-state index in [1.54, 1.807) is 12.1 Å². The van der Waals surface area contributed by atoms with E-state index in [2.05, 4.69) is 5.32 Å². The van der Waals surface area contributed by atoms with E-state index >= 15 is 0 Å². The van der Waals surface area contributed by atoms with Gasteiger partial charge in [-0.1, -0.05) is 25.0 Å². The lowest BCUT2D eigenvalue weighted by Crippen LogP contribution is -2.39. The molecule has 0 spiro atoms. The molecule has 20 heavy (non-hydrogen) atoms. The molecule has 1 unspecified atom stereocenters. The molecule has 0 aliphatic heterocycles. The first kappa shape index (κ1) is 15.4. The molecule has 0 radical (unpaired) electrons. The van der Waals surface area contributed by atoms with Crippen LogP contribution in [0.2, 0.25) is 0 Å². The molecule has 0 saturated heterocycles. The van der Waals surface area contributed by atoms with Crippen molar-refractivity contribution >= 4 is 10.0 Å². The molecular weight excluding hydrogens is 276 g/mol. The van der Waals surface area contributed by atoms with E-state index in [1.807, 2.05) is 6.92 Å². The normalized spacial score (nSPS) is 19.9. The van der Waals surface area contributed by atoms with Crippen molar-refractivity contribution in [2.24, 2.45) is 5.14 Å². The number of benzene rings is 1. The molecule has 0 amide bonds. The average Bonchev–Trinajstić information content (AvgIpc) is 2.83. The van der Waals surface area contributed by atoms with Crippen molar-refractivity contribution < 1.29 is 13.5 Å². The first-order valence-electron chi connectivity index (χ1n) is 6.89. The number of primary sulfonamides is 1. The molecule has 1 aromatic rings. The van der Waals surface area contributed by atoms with E-state index in [9.17, 15) is 13.5 Å². The fourth-order valence-corrected chi connectivity index (χ4v) is 3.13. The topological polar surface area (TPSA) is 92.4 Å². The fraction of sp³-hybridized carbons (Fsp3) is 0.571. The maximum atomic E-state index is 11.2. The van der Waals surface area contributed by atoms with Crippen LogP contribution in [0.3, 0.4) is 0 Å². The lowest BCUT2D eigenvalue weighted by Gasteiger charge is -2.25. The Morgan fingerprint density at radius 3 is 2.35 bits per heavy atom. The highest BCUT2D eigenvalue weighted by Crippen LogP contribution is 2.29. The predicted octanol–water partition coefficient (Wildman–Crippen LogP) is 1.29. The molecule has 1 aliphatic carbocycles. The molecule has 1 atom stereocenters. The zero-order chi connectivity index (χ0) is 14.8. The van der Waals surface area contributed by atoms with Gasteiger partial charge in [-0.2, -0.15) is 0 Å². The van der Waals surface area contributed by atoms with Gasteiger partial charge in [0.15, 0.2) is 0 Å². The van der Waals surface area contributed by atoms with Crippen molar-refractivity contribution in [1.29, 1.82) is 0 Å². The second-order valence-corrected chi connectivity index (χ2v) is 7.21. The van der Waals surface area contributed by atoms with Crippen LogP contribution in [0.25, 0.3) is 0 Å². The number of nitrogens with one attached hydrogen (secondary N) is 1. The quantitative estimate of drug-likeness (QED) is 0.763. The lowest BCUT2D eigenvalue weighted by molar-refractivity contribution is 0.0453. The van der Waals surface area contributed by atoms with E-state index in [0.29, 0.717) is 6.54 Å². The van der Waals surface area contributed by atoms with E-state index in [0.717, 1.165) is 31.2 Å². The molecule has 6 heteroatoms. The Kier molecular flexibility index (Phi) is 4.49. The van der Waals surface area contributed by atoms with Crippen LogP contribution in [-0.4, -0.2) is 25.7 Å². The summed E-state index contributed by atoms with van der Waals surface area (Å²) in [5.41, 5.74) is 0.383. The average molecular weight is 298 g/mol. The highest BCUT2D eigenvalue weighted by atomic mass is 32.2. The number of aliphatic hydroxyl groups is 1. The van der Waals surface area contributed by atoms with Gasteiger partial charge in [-0.3, -0.25) is 0 Å². The van der Waals surface area contributed by atoms with Gasteiger partial charge < -0.3 is 10.4 Å². The molecule has 5 nitrogen and oxygen atoms in total. The summed E-state index contributed by atoms with van der Waals surface area (Å²) in [7, 11) is -3.64. The number of sulfonamides is 1. The third-order valence-corrected chi connectivity index (χ3v) is 4.91. The van der Waals surface area contributed by atoms with Gasteiger partial charge in [0.2, 0.25) is 10.0 Å². The number of hydrogen-bond acceptors (Lipinski definition) is 4. The summed E-state index contributed by atoms with van der Waals surface area (Å²) in [5.74, 6) is 0. The van der Waals surface area contributed by atoms with Crippen molar-refractivity contribution in [3.8, 4) is 0 Å². The van der Waals surface area contributed by atoms with Gasteiger partial charge in [-0.05, 0) is 37.5 Å². The second-order valence-electron chi connectivity index (χ2n) is 5.65. The predicted molar refractivity (Wildman–Crippen MR) is 77.7 cm³/mol. The lowest BCUT2D eigenvalue weighted by atomic mass is 10.0. The molecule has 112 valence electrons. The van der Waals surface area contributed by atoms with E-state index in [-0.39, 0.29) is 10.9 Å². The molecule has 1 aromatic carbocycles. The molecule has 0 aromatic heterocycles. The van der Waals surface area contributed by atoms with Gasteiger partial charge in [0.25, 0.3) is 0 Å². The van der Waals surface area contributed by atoms with Crippen molar-refractivity contribution in [2.75, 3.05) is 6.54 Å². The number of rotatable bonds is 5. The Labute approximate surface area is 120 Å². The Morgan fingerprint density at radius 1 is 1.30 bits per heavy atom. The maximum Gasteiger partial charge on any atom is 0.238 e. The van der Waals surface area contributed by atoms with Crippen LogP contribution in [0.4, 0.5) is 0 Å². The molecule has 2 rings (SSSR count). The van der Waals surface area contributed by atoms with Gasteiger partial charge in [-0.15, -0.1) is 0 Å². The van der Waals surface area contributed by atoms with Crippen LogP contribution >= 0.6 is 0 Å². The molecule has 1 fully saturated rings. The van der Waals surface area contributed by atoms with Gasteiger partial charge in [0.1, 0.15) is 0 Å². The standard InChI is InChI=1S/C14H22N2O3S/c1-11(16-10-14(17)8-2-3-9-14)12-4-6-13(7-5-12)20(15,18)19/h4-7,11,16-17H,2-3,8-10H2,1H3,(H2,15,18,19). The summed E-state index contributed by atoms with van der Waals surface area (Å²) in [6, 6.07) is 6.56. The monoisotopic (exact) mass is 298 g/mol. The van der Waals surface area contributed by atoms with Gasteiger partial charge in [0.05, 0.1) is 10.5 Å². The van der Waals surface area contributed by atoms with Crippen LogP contribution in [-0.2, 0) is 10.0 Å². The van der Waals surface area contributed by atoms with Gasteiger partial charge in [0, 0.05) is 12.6 Å². The first-order valence-corrected chi connectivity index (χ1v) is 8.43. The van der Waals surface area contributed by atoms with Crippen LogP contribution < -0.4 is 10.5 Å². The zero-order valence-electron chi connectivity index (χ0n) is 11.7. The zero-order valence-corrected chi connectivity index (χ0v) is 12.5. The highest BCUT2D eigenvalue weighted by Gasteiger charge is 2.31. The SMILES string of the molecule is CC(NCC1(O)CCCC1)c1ccc(S(N)(=O)=O)cc1. The Hall–Kier alpha value is -0.950. The summed E-state index contributed by atoms with van der Waals surface area (Å²) < 4.78 is 22.4. The van der Waals surface area contributed by atoms with Crippen LogP contribution in [0.1, 0.15) is 44.2 Å². The minimum Gasteiger partial charge on any atom is -0.389 e. The summed E-state index contributed by atoms with van der Waals surface area (Å²) in [6.07, 6.45) is 3.85. The third-order valence-electron chi connectivity index (χ3n) is 3.98. The van der Waals surface area contributed by atoms with Crippen molar-refractivity contribution in [3.05, 3.63) is 29.8 Å². The number of hydrogen-bond donors (Lipinski definition) is 3. The largest absolute Gasteiger partial charge is 0.389 e. The Balaban J connectivity index is 1.97. The molecule has 1 aliphatic rings. The minimum atomic E-state index is -3.64. The fourth-order valence-electron chi connectivity index (χ4n) is 2.62. The van der Waals surface area contributed by atoms with Crippen molar-refractivity contribution in [1.82, 2.24) is 5.32 Å². The summed E-state index contributed by atoms with van der Waals surface area (Å²) in [4.78, 5) is 0.114.